The van der Waals surface area contributed by atoms with Gasteiger partial charge in [-0.25, -0.2) is 0 Å². The van der Waals surface area contributed by atoms with E-state index in [2.05, 4.69) is 48.4 Å². The molecule has 142 valence electrons. The summed E-state index contributed by atoms with van der Waals surface area (Å²) >= 11 is 0. The molecule has 2 N–H and O–H groups in total. The fourth-order valence-corrected chi connectivity index (χ4v) is 4.17. The summed E-state index contributed by atoms with van der Waals surface area (Å²) in [6.45, 7) is 5.41. The van der Waals surface area contributed by atoms with Crippen LogP contribution in [0.15, 0.2) is 30.3 Å². The van der Waals surface area contributed by atoms with Crippen LogP contribution in [0.5, 0.6) is 11.5 Å². The molecular weight excluding hydrogens is 336 g/mol. The molecule has 0 fully saturated rings. The van der Waals surface area contributed by atoms with Crippen molar-refractivity contribution in [3.63, 3.8) is 0 Å². The van der Waals surface area contributed by atoms with Gasteiger partial charge in [0.05, 0.1) is 14.2 Å². The molecule has 2 aromatic carbocycles. The maximum absolute atomic E-state index is 5.44. The number of hydrogen-bond donors (Lipinski definition) is 2. The van der Waals surface area contributed by atoms with Gasteiger partial charge in [0.2, 0.25) is 0 Å². The highest BCUT2D eigenvalue weighted by atomic mass is 16.5. The fraction of sp³-hybridized carbons (Fsp3) is 0.391. The number of methoxy groups -OCH3 is 2. The lowest BCUT2D eigenvalue weighted by molar-refractivity contribution is 0.354. The van der Waals surface area contributed by atoms with E-state index in [0.29, 0.717) is 6.04 Å². The summed E-state index contributed by atoms with van der Waals surface area (Å²) in [7, 11) is 3.36. The molecule has 4 rings (SSSR count). The number of ether oxygens (including phenoxy) is 2. The number of hydrogen-bond acceptors (Lipinski definition) is 3. The summed E-state index contributed by atoms with van der Waals surface area (Å²) in [5.41, 5.74) is 8.10. The molecule has 0 radical (unpaired) electrons. The van der Waals surface area contributed by atoms with Crippen molar-refractivity contribution in [2.75, 3.05) is 20.8 Å². The second-order valence-corrected chi connectivity index (χ2v) is 7.48. The molecule has 1 aromatic heterocycles. The average molecular weight is 364 g/mol. The van der Waals surface area contributed by atoms with Crippen molar-refractivity contribution >= 4 is 10.9 Å². The Bertz CT molecular complexity index is 974. The molecule has 0 aliphatic carbocycles. The zero-order valence-electron chi connectivity index (χ0n) is 16.6. The standard InChI is InChI=1S/C23H28N2O2/c1-14-11-18-17-9-10-24-19(23(17)25-20(18)12-15(14)2)7-5-16-6-8-21(26-3)22(13-16)27-4/h6,8,11-13,19,24-25H,5,7,9-10H2,1-4H3. The third-order valence-electron chi connectivity index (χ3n) is 5.84. The van der Waals surface area contributed by atoms with Crippen LogP contribution in [-0.2, 0) is 12.8 Å². The molecular formula is C23H28N2O2. The lowest BCUT2D eigenvalue weighted by Gasteiger charge is -2.24. The van der Waals surface area contributed by atoms with Crippen molar-refractivity contribution in [1.82, 2.24) is 10.3 Å². The average Bonchev–Trinajstić information content (AvgIpc) is 3.04. The number of nitrogens with one attached hydrogen (secondary N) is 2. The van der Waals surface area contributed by atoms with Crippen LogP contribution in [0.4, 0.5) is 0 Å². The molecule has 1 unspecified atom stereocenters. The van der Waals surface area contributed by atoms with Crippen LogP contribution in [-0.4, -0.2) is 25.7 Å². The van der Waals surface area contributed by atoms with Crippen LogP contribution in [0.25, 0.3) is 10.9 Å². The van der Waals surface area contributed by atoms with Crippen molar-refractivity contribution in [3.8, 4) is 11.5 Å². The highest BCUT2D eigenvalue weighted by Gasteiger charge is 2.24. The maximum atomic E-state index is 5.44. The van der Waals surface area contributed by atoms with Gasteiger partial charge in [-0.2, -0.15) is 0 Å². The van der Waals surface area contributed by atoms with Crippen LogP contribution in [0.1, 0.15) is 40.4 Å². The second-order valence-electron chi connectivity index (χ2n) is 7.48. The van der Waals surface area contributed by atoms with E-state index in [-0.39, 0.29) is 0 Å². The van der Waals surface area contributed by atoms with Crippen molar-refractivity contribution < 1.29 is 9.47 Å². The van der Waals surface area contributed by atoms with Crippen molar-refractivity contribution in [2.24, 2.45) is 0 Å². The molecule has 4 heteroatoms. The lowest BCUT2D eigenvalue weighted by Crippen LogP contribution is -2.30. The molecule has 4 nitrogen and oxygen atoms in total. The minimum absolute atomic E-state index is 0.356. The number of aryl methyl sites for hydroxylation is 3. The number of benzene rings is 2. The Morgan fingerprint density at radius 1 is 1.00 bits per heavy atom. The van der Waals surface area contributed by atoms with Gasteiger partial charge >= 0.3 is 0 Å². The van der Waals surface area contributed by atoms with Crippen LogP contribution >= 0.6 is 0 Å². The second kappa shape index (κ2) is 7.28. The Hall–Kier alpha value is -2.46. The molecule has 27 heavy (non-hydrogen) atoms. The predicted octanol–water partition coefficient (Wildman–Crippen LogP) is 4.62. The van der Waals surface area contributed by atoms with Gasteiger partial charge in [-0.05, 0) is 86.2 Å². The highest BCUT2D eigenvalue weighted by Crippen LogP contribution is 2.34. The summed E-state index contributed by atoms with van der Waals surface area (Å²) < 4.78 is 10.8. The Labute approximate surface area is 160 Å². The Morgan fingerprint density at radius 3 is 2.56 bits per heavy atom. The Morgan fingerprint density at radius 2 is 1.78 bits per heavy atom. The molecule has 0 spiro atoms. The maximum Gasteiger partial charge on any atom is 0.160 e. The van der Waals surface area contributed by atoms with Gasteiger partial charge in [-0.3, -0.25) is 0 Å². The van der Waals surface area contributed by atoms with E-state index in [1.165, 1.54) is 38.9 Å². The molecule has 0 bridgehead atoms. The lowest BCUT2D eigenvalue weighted by atomic mass is 9.94. The first-order chi connectivity index (χ1) is 13.1. The molecule has 1 atom stereocenters. The monoisotopic (exact) mass is 364 g/mol. The first-order valence-corrected chi connectivity index (χ1v) is 9.66. The largest absolute Gasteiger partial charge is 0.493 e. The highest BCUT2D eigenvalue weighted by molar-refractivity contribution is 5.86. The van der Waals surface area contributed by atoms with Crippen molar-refractivity contribution in [1.29, 1.82) is 0 Å². The van der Waals surface area contributed by atoms with E-state index in [0.717, 1.165) is 37.3 Å². The third kappa shape index (κ3) is 3.30. The SMILES string of the molecule is COc1ccc(CCC2NCCc3c2[nH]c2cc(C)c(C)cc32)cc1OC. The third-order valence-corrected chi connectivity index (χ3v) is 5.84. The van der Waals surface area contributed by atoms with Gasteiger partial charge < -0.3 is 19.8 Å². The summed E-state index contributed by atoms with van der Waals surface area (Å²) in [4.78, 5) is 3.70. The number of rotatable bonds is 5. The van der Waals surface area contributed by atoms with E-state index in [9.17, 15) is 0 Å². The zero-order valence-corrected chi connectivity index (χ0v) is 16.6. The summed E-state index contributed by atoms with van der Waals surface area (Å²) in [5, 5.41) is 5.09. The Balaban J connectivity index is 1.58. The van der Waals surface area contributed by atoms with Crippen molar-refractivity contribution in [2.45, 2.75) is 39.2 Å². The van der Waals surface area contributed by atoms with Crippen LogP contribution in [0, 0.1) is 13.8 Å². The van der Waals surface area contributed by atoms with Crippen LogP contribution < -0.4 is 14.8 Å². The topological polar surface area (TPSA) is 46.3 Å². The van der Waals surface area contributed by atoms with E-state index < -0.39 is 0 Å². The smallest absolute Gasteiger partial charge is 0.160 e. The van der Waals surface area contributed by atoms with Crippen LogP contribution in [0.2, 0.25) is 0 Å². The van der Waals surface area contributed by atoms with Gasteiger partial charge in [0.25, 0.3) is 0 Å². The summed E-state index contributed by atoms with van der Waals surface area (Å²) in [6, 6.07) is 11.2. The van der Waals surface area contributed by atoms with Gasteiger partial charge in [-0.1, -0.05) is 6.07 Å². The molecule has 0 amide bonds. The Kier molecular flexibility index (Phi) is 4.83. The molecule has 0 saturated heterocycles. The van der Waals surface area contributed by atoms with E-state index in [1.807, 2.05) is 6.07 Å². The number of fused-ring (bicyclic) bond motifs is 3. The molecule has 2 heterocycles. The van der Waals surface area contributed by atoms with Crippen molar-refractivity contribution in [3.05, 3.63) is 58.3 Å². The van der Waals surface area contributed by atoms with E-state index >= 15 is 0 Å². The van der Waals surface area contributed by atoms with Gasteiger partial charge in [-0.15, -0.1) is 0 Å². The first kappa shape index (κ1) is 17.9. The van der Waals surface area contributed by atoms with Crippen LogP contribution in [0.3, 0.4) is 0 Å². The van der Waals surface area contributed by atoms with Gasteiger partial charge in [0, 0.05) is 22.6 Å². The normalized spacial score (nSPS) is 16.4. The van der Waals surface area contributed by atoms with E-state index in [4.69, 9.17) is 9.47 Å². The minimum Gasteiger partial charge on any atom is -0.493 e. The van der Waals surface area contributed by atoms with Gasteiger partial charge in [0.1, 0.15) is 0 Å². The molecule has 0 saturated carbocycles. The molecule has 1 aliphatic heterocycles. The number of H-pyrrole nitrogens is 1. The fourth-order valence-electron chi connectivity index (χ4n) is 4.17. The quantitative estimate of drug-likeness (QED) is 0.694. The predicted molar refractivity (Wildman–Crippen MR) is 110 cm³/mol. The van der Waals surface area contributed by atoms with E-state index in [1.54, 1.807) is 14.2 Å². The van der Waals surface area contributed by atoms with Gasteiger partial charge in [0.15, 0.2) is 11.5 Å². The minimum atomic E-state index is 0.356. The first-order valence-electron chi connectivity index (χ1n) is 9.66. The molecule has 1 aliphatic rings. The summed E-state index contributed by atoms with van der Waals surface area (Å²) in [5.74, 6) is 1.57. The molecule has 3 aromatic rings. The number of aromatic amines is 1. The summed E-state index contributed by atoms with van der Waals surface area (Å²) in [6.07, 6.45) is 3.13. The zero-order chi connectivity index (χ0) is 19.0. The number of aromatic nitrogens is 1.